The molecule has 0 saturated carbocycles. The van der Waals surface area contributed by atoms with Crippen molar-refractivity contribution in [1.29, 1.82) is 0 Å². The molecule has 4 heteroatoms. The van der Waals surface area contributed by atoms with Crippen molar-refractivity contribution in [2.45, 2.75) is 31.8 Å². The zero-order valence-electron chi connectivity index (χ0n) is 9.44. The fourth-order valence-corrected chi connectivity index (χ4v) is 2.92. The van der Waals surface area contributed by atoms with Gasteiger partial charge in [0.15, 0.2) is 0 Å². The molecule has 3 nitrogen and oxygen atoms in total. The highest BCUT2D eigenvalue weighted by atomic mass is 32.1. The van der Waals surface area contributed by atoms with E-state index in [-0.39, 0.29) is 0 Å². The minimum atomic E-state index is 0.473. The Morgan fingerprint density at radius 2 is 2.53 bits per heavy atom. The number of hydrogen-bond donors (Lipinski definition) is 1. The summed E-state index contributed by atoms with van der Waals surface area (Å²) < 4.78 is 0. The lowest BCUT2D eigenvalue weighted by Crippen LogP contribution is -2.45. The third-order valence-electron chi connectivity index (χ3n) is 3.22. The van der Waals surface area contributed by atoms with Crippen LogP contribution in [-0.2, 0) is 0 Å². The van der Waals surface area contributed by atoms with Crippen molar-refractivity contribution in [3.05, 3.63) is 16.6 Å². The zero-order valence-corrected chi connectivity index (χ0v) is 10.3. The molecule has 2 atom stereocenters. The minimum Gasteiger partial charge on any atom is -0.316 e. The summed E-state index contributed by atoms with van der Waals surface area (Å²) in [6, 6.07) is 1.13. The molecule has 1 N–H and O–H groups in total. The molecule has 1 aromatic rings. The first-order valence-electron chi connectivity index (χ1n) is 5.62. The number of thiazole rings is 1. The minimum absolute atomic E-state index is 0.473. The van der Waals surface area contributed by atoms with Crippen LogP contribution in [0.3, 0.4) is 0 Å². The highest BCUT2D eigenvalue weighted by molar-refractivity contribution is 7.09. The Morgan fingerprint density at radius 3 is 3.20 bits per heavy atom. The van der Waals surface area contributed by atoms with E-state index in [4.69, 9.17) is 0 Å². The van der Waals surface area contributed by atoms with E-state index in [1.807, 2.05) is 6.20 Å². The molecular formula is C11H19N3S. The number of nitrogens with one attached hydrogen (secondary N) is 1. The van der Waals surface area contributed by atoms with Gasteiger partial charge in [-0.05, 0) is 33.4 Å². The third kappa shape index (κ3) is 2.56. The molecule has 1 aliphatic heterocycles. The van der Waals surface area contributed by atoms with Crippen LogP contribution in [0.25, 0.3) is 0 Å². The number of likely N-dealkylation sites (N-methyl/N-ethyl adjacent to an activating group) is 1. The fraction of sp³-hybridized carbons (Fsp3) is 0.727. The number of rotatable bonds is 3. The van der Waals surface area contributed by atoms with E-state index in [9.17, 15) is 0 Å². The molecule has 0 unspecified atom stereocenters. The Balaban J connectivity index is 1.98. The number of aromatic nitrogens is 1. The summed E-state index contributed by atoms with van der Waals surface area (Å²) in [5.74, 6) is 0. The quantitative estimate of drug-likeness (QED) is 0.851. The lowest BCUT2D eigenvalue weighted by Gasteiger charge is -2.35. The maximum atomic E-state index is 4.40. The van der Waals surface area contributed by atoms with Gasteiger partial charge < -0.3 is 5.32 Å². The number of piperidine rings is 1. The first-order chi connectivity index (χ1) is 7.31. The maximum Gasteiger partial charge on any atom is 0.109 e. The van der Waals surface area contributed by atoms with Gasteiger partial charge in [0.25, 0.3) is 0 Å². The predicted octanol–water partition coefficient (Wildman–Crippen LogP) is 1.89. The van der Waals surface area contributed by atoms with Crippen LogP contribution in [0.15, 0.2) is 11.6 Å². The smallest absolute Gasteiger partial charge is 0.109 e. The topological polar surface area (TPSA) is 28.2 Å². The standard InChI is InChI=1S/C11H19N3S/c1-9(11-13-5-7-15-11)14-6-3-4-10(8-14)12-2/h5,7,9-10,12H,3-4,6,8H2,1-2H3/t9-,10+/m1/s1. The molecular weight excluding hydrogens is 206 g/mol. The van der Waals surface area contributed by atoms with Crippen LogP contribution in [0, 0.1) is 0 Å². The Kier molecular flexibility index (Phi) is 3.72. The second-order valence-corrected chi connectivity index (χ2v) is 5.10. The molecule has 0 aliphatic carbocycles. The summed E-state index contributed by atoms with van der Waals surface area (Å²) in [5, 5.41) is 6.68. The zero-order chi connectivity index (χ0) is 10.7. The van der Waals surface area contributed by atoms with E-state index < -0.39 is 0 Å². The number of hydrogen-bond acceptors (Lipinski definition) is 4. The second-order valence-electron chi connectivity index (χ2n) is 4.17. The maximum absolute atomic E-state index is 4.40. The Morgan fingerprint density at radius 1 is 1.67 bits per heavy atom. The van der Waals surface area contributed by atoms with Gasteiger partial charge in [0.2, 0.25) is 0 Å². The molecule has 1 aromatic heterocycles. The molecule has 0 radical (unpaired) electrons. The summed E-state index contributed by atoms with van der Waals surface area (Å²) in [7, 11) is 2.06. The first-order valence-corrected chi connectivity index (χ1v) is 6.50. The SMILES string of the molecule is CN[C@H]1CCCN([C@H](C)c2nccs2)C1. The molecule has 0 aromatic carbocycles. The Bertz CT molecular complexity index is 286. The van der Waals surface area contributed by atoms with Crippen molar-refractivity contribution in [2.75, 3.05) is 20.1 Å². The largest absolute Gasteiger partial charge is 0.316 e. The van der Waals surface area contributed by atoms with Crippen molar-refractivity contribution in [2.24, 2.45) is 0 Å². The highest BCUT2D eigenvalue weighted by Crippen LogP contribution is 2.25. The van der Waals surface area contributed by atoms with Gasteiger partial charge in [-0.3, -0.25) is 4.90 Å². The average molecular weight is 225 g/mol. The van der Waals surface area contributed by atoms with Gasteiger partial charge in [0.05, 0.1) is 6.04 Å². The average Bonchev–Trinajstić information content (AvgIpc) is 2.81. The summed E-state index contributed by atoms with van der Waals surface area (Å²) >= 11 is 1.76. The lowest BCUT2D eigenvalue weighted by atomic mass is 10.0. The van der Waals surface area contributed by atoms with Crippen LogP contribution in [-0.4, -0.2) is 36.1 Å². The third-order valence-corrected chi connectivity index (χ3v) is 4.16. The molecule has 0 spiro atoms. The summed E-state index contributed by atoms with van der Waals surface area (Å²) in [5.41, 5.74) is 0. The number of nitrogens with zero attached hydrogens (tertiary/aromatic N) is 2. The molecule has 1 saturated heterocycles. The van der Waals surface area contributed by atoms with Crippen LogP contribution in [0.5, 0.6) is 0 Å². The molecule has 0 amide bonds. The van der Waals surface area contributed by atoms with Crippen LogP contribution in [0.1, 0.15) is 30.8 Å². The van der Waals surface area contributed by atoms with Gasteiger partial charge in [-0.1, -0.05) is 0 Å². The highest BCUT2D eigenvalue weighted by Gasteiger charge is 2.24. The van der Waals surface area contributed by atoms with Crippen LogP contribution in [0.4, 0.5) is 0 Å². The van der Waals surface area contributed by atoms with Gasteiger partial charge in [-0.15, -0.1) is 11.3 Å². The van der Waals surface area contributed by atoms with Crippen molar-refractivity contribution in [3.8, 4) is 0 Å². The molecule has 84 valence electrons. The van der Waals surface area contributed by atoms with E-state index in [2.05, 4.69) is 34.6 Å². The van der Waals surface area contributed by atoms with Crippen molar-refractivity contribution in [1.82, 2.24) is 15.2 Å². The van der Waals surface area contributed by atoms with Crippen molar-refractivity contribution < 1.29 is 0 Å². The van der Waals surface area contributed by atoms with E-state index in [1.165, 1.54) is 24.4 Å². The van der Waals surface area contributed by atoms with Gasteiger partial charge in [-0.25, -0.2) is 4.98 Å². The van der Waals surface area contributed by atoms with E-state index >= 15 is 0 Å². The normalized spacial score (nSPS) is 25.3. The van der Waals surface area contributed by atoms with Gasteiger partial charge >= 0.3 is 0 Å². The lowest BCUT2D eigenvalue weighted by molar-refractivity contribution is 0.149. The van der Waals surface area contributed by atoms with Gasteiger partial charge in [-0.2, -0.15) is 0 Å². The fourth-order valence-electron chi connectivity index (χ4n) is 2.19. The molecule has 1 fully saturated rings. The second kappa shape index (κ2) is 5.05. The summed E-state index contributed by atoms with van der Waals surface area (Å²) in [6.45, 7) is 4.62. The van der Waals surface area contributed by atoms with E-state index in [0.717, 1.165) is 6.54 Å². The number of likely N-dealkylation sites (tertiary alicyclic amines) is 1. The summed E-state index contributed by atoms with van der Waals surface area (Å²) in [6.07, 6.45) is 4.49. The molecule has 15 heavy (non-hydrogen) atoms. The van der Waals surface area contributed by atoms with Crippen molar-refractivity contribution in [3.63, 3.8) is 0 Å². The molecule has 0 bridgehead atoms. The monoisotopic (exact) mass is 225 g/mol. The van der Waals surface area contributed by atoms with Gasteiger partial charge in [0, 0.05) is 24.2 Å². The van der Waals surface area contributed by atoms with Gasteiger partial charge in [0.1, 0.15) is 5.01 Å². The summed E-state index contributed by atoms with van der Waals surface area (Å²) in [4.78, 5) is 6.93. The predicted molar refractivity (Wildman–Crippen MR) is 64.2 cm³/mol. The molecule has 2 heterocycles. The van der Waals surface area contributed by atoms with Crippen LogP contribution >= 0.6 is 11.3 Å². The Labute approximate surface area is 95.5 Å². The van der Waals surface area contributed by atoms with E-state index in [1.54, 1.807) is 11.3 Å². The molecule has 2 rings (SSSR count). The van der Waals surface area contributed by atoms with Crippen molar-refractivity contribution >= 4 is 11.3 Å². The van der Waals surface area contributed by atoms with E-state index in [0.29, 0.717) is 12.1 Å². The Hall–Kier alpha value is -0.450. The van der Waals surface area contributed by atoms with Crippen LogP contribution < -0.4 is 5.32 Å². The molecule has 1 aliphatic rings. The van der Waals surface area contributed by atoms with Crippen LogP contribution in [0.2, 0.25) is 0 Å². The first kappa shape index (κ1) is 11.0.